The van der Waals surface area contributed by atoms with Gasteiger partial charge in [-0.25, -0.2) is 0 Å². The van der Waals surface area contributed by atoms with E-state index in [1.165, 1.54) is 6.92 Å². The van der Waals surface area contributed by atoms with E-state index in [-0.39, 0.29) is 25.9 Å². The molecule has 0 spiro atoms. The van der Waals surface area contributed by atoms with Crippen molar-refractivity contribution in [2.45, 2.75) is 118 Å². The van der Waals surface area contributed by atoms with Crippen LogP contribution in [0.25, 0.3) is 0 Å². The van der Waals surface area contributed by atoms with E-state index in [9.17, 15) is 40.5 Å². The lowest BCUT2D eigenvalue weighted by Crippen LogP contribution is -2.69. The number of aliphatic imine (C=N–C) groups is 1. The summed E-state index contributed by atoms with van der Waals surface area (Å²) in [6.07, 6.45) is -18.3. The Morgan fingerprint density at radius 3 is 2.25 bits per heavy atom. The molecule has 232 valence electrons. The zero-order valence-electron chi connectivity index (χ0n) is 22.1. The van der Waals surface area contributed by atoms with Crippen LogP contribution >= 0.6 is 0 Å². The maximum atomic E-state index is 12.5. The average Bonchev–Trinajstić information content (AvgIpc) is 3.16. The van der Waals surface area contributed by atoms with E-state index >= 15 is 0 Å². The molecular formula is C23H43N5O12. The van der Waals surface area contributed by atoms with E-state index in [4.69, 9.17) is 36.1 Å². The number of carbonyl (C=O) groups excluding carboxylic acids is 1. The molecule has 1 amide bonds. The van der Waals surface area contributed by atoms with Crippen molar-refractivity contribution in [3.05, 3.63) is 0 Å². The monoisotopic (exact) mass is 581 g/mol. The van der Waals surface area contributed by atoms with Crippen molar-refractivity contribution in [2.75, 3.05) is 13.1 Å². The molecule has 0 aromatic rings. The van der Waals surface area contributed by atoms with Crippen molar-refractivity contribution in [3.8, 4) is 0 Å². The van der Waals surface area contributed by atoms with E-state index < -0.39 is 104 Å². The Labute approximate surface area is 230 Å². The molecule has 3 aliphatic rings. The Kier molecular flexibility index (Phi) is 11.7. The normalized spacial score (nSPS) is 45.6. The van der Waals surface area contributed by atoms with Crippen LogP contribution in [0.1, 0.15) is 19.8 Å². The summed E-state index contributed by atoms with van der Waals surface area (Å²) >= 11 is 0. The van der Waals surface area contributed by atoms with E-state index in [1.807, 2.05) is 0 Å². The summed E-state index contributed by atoms with van der Waals surface area (Å²) in [4.78, 5) is 16.1. The number of amides is 1. The van der Waals surface area contributed by atoms with E-state index in [0.29, 0.717) is 0 Å². The first kappa shape index (κ1) is 33.1. The van der Waals surface area contributed by atoms with Crippen molar-refractivity contribution in [1.82, 2.24) is 5.32 Å². The molecule has 2 saturated heterocycles. The largest absolute Gasteiger partial charge is 0.391 e. The number of rotatable bonds is 11. The molecule has 17 heteroatoms. The fourth-order valence-electron chi connectivity index (χ4n) is 5.13. The second-order valence-corrected chi connectivity index (χ2v) is 10.5. The van der Waals surface area contributed by atoms with Gasteiger partial charge in [-0.1, -0.05) is 0 Å². The molecule has 17 nitrogen and oxygen atoms in total. The molecule has 5 unspecified atom stereocenters. The molecule has 1 aliphatic carbocycles. The lowest BCUT2D eigenvalue weighted by molar-refractivity contribution is -0.315. The fourth-order valence-corrected chi connectivity index (χ4v) is 5.13. The number of nitrogens with one attached hydrogen (secondary N) is 1. The van der Waals surface area contributed by atoms with Crippen LogP contribution in [0.3, 0.4) is 0 Å². The molecule has 0 aromatic heterocycles. The summed E-state index contributed by atoms with van der Waals surface area (Å²) < 4.78 is 23.1. The lowest BCUT2D eigenvalue weighted by atomic mass is 9.83. The third-order valence-electron chi connectivity index (χ3n) is 7.46. The van der Waals surface area contributed by atoms with Crippen molar-refractivity contribution >= 4 is 12.6 Å². The minimum Gasteiger partial charge on any atom is -0.391 e. The van der Waals surface area contributed by atoms with Gasteiger partial charge in [-0.2, -0.15) is 0 Å². The van der Waals surface area contributed by atoms with Gasteiger partial charge in [0.05, 0.1) is 24.7 Å². The van der Waals surface area contributed by atoms with Gasteiger partial charge in [-0.05, 0) is 33.0 Å². The van der Waals surface area contributed by atoms with E-state index in [0.717, 1.165) is 0 Å². The average molecular weight is 582 g/mol. The number of aliphatic hydroxyl groups is 7. The number of ether oxygens (including phenoxy) is 4. The topological polar surface area (TPSA) is 298 Å². The third kappa shape index (κ3) is 7.13. The highest BCUT2D eigenvalue weighted by molar-refractivity contribution is 5.80. The van der Waals surface area contributed by atoms with Gasteiger partial charge in [-0.3, -0.25) is 9.79 Å². The molecule has 40 heavy (non-hydrogen) atoms. The van der Waals surface area contributed by atoms with Crippen LogP contribution in [0.2, 0.25) is 0 Å². The zero-order valence-corrected chi connectivity index (χ0v) is 22.1. The molecule has 2 heterocycles. The van der Waals surface area contributed by atoms with Gasteiger partial charge >= 0.3 is 0 Å². The standard InChI is InChI=1S/C23H43N5O12/c1-7(29)18-16(34)15(33)12(26)22(38-18)39-19-8(25)5-9(28-21(36)10(30)3-4-24)13(31)20(19)40-23-17(35)14(32)11(37-23)6-27-2/h7-20,22-23,29-35H,2-6,24-26H2,1H3,(H,28,36)/t7-,8?,9-,10+,11-,12?,13-,14?,15-,16+,17+,18?,19-,20?,22-,23+/m1/s1. The summed E-state index contributed by atoms with van der Waals surface area (Å²) in [6, 6.07) is -3.37. The van der Waals surface area contributed by atoms with Crippen LogP contribution in [-0.2, 0) is 23.7 Å². The Bertz CT molecular complexity index is 844. The van der Waals surface area contributed by atoms with Crippen molar-refractivity contribution < 1.29 is 59.5 Å². The lowest BCUT2D eigenvalue weighted by Gasteiger charge is -2.48. The fraction of sp³-hybridized carbons (Fsp3) is 0.913. The number of hydrogen-bond donors (Lipinski definition) is 11. The zero-order chi connectivity index (χ0) is 29.9. The highest BCUT2D eigenvalue weighted by Crippen LogP contribution is 2.33. The van der Waals surface area contributed by atoms with Gasteiger partial charge in [0.1, 0.15) is 61.0 Å². The molecule has 0 bridgehead atoms. The first-order valence-electron chi connectivity index (χ1n) is 13.1. The van der Waals surface area contributed by atoms with Crippen LogP contribution in [0.15, 0.2) is 4.99 Å². The maximum absolute atomic E-state index is 12.5. The van der Waals surface area contributed by atoms with Crippen molar-refractivity contribution in [3.63, 3.8) is 0 Å². The number of aliphatic hydroxyl groups excluding tert-OH is 7. The Morgan fingerprint density at radius 1 is 1.00 bits per heavy atom. The number of hydrogen-bond acceptors (Lipinski definition) is 16. The molecule has 1 saturated carbocycles. The molecule has 3 rings (SSSR count). The van der Waals surface area contributed by atoms with Gasteiger partial charge < -0.3 is 77.2 Å². The summed E-state index contributed by atoms with van der Waals surface area (Å²) in [5, 5.41) is 75.3. The molecule has 14 N–H and O–H groups in total. The minimum absolute atomic E-state index is 0.0272. The number of nitrogens with two attached hydrogens (primary N) is 3. The highest BCUT2D eigenvalue weighted by atomic mass is 16.7. The van der Waals surface area contributed by atoms with Crippen LogP contribution in [-0.4, -0.2) is 159 Å². The van der Waals surface area contributed by atoms with E-state index in [2.05, 4.69) is 17.0 Å². The summed E-state index contributed by atoms with van der Waals surface area (Å²) in [7, 11) is 0. The Hall–Kier alpha value is -1.42. The Morgan fingerprint density at radius 2 is 1.65 bits per heavy atom. The first-order chi connectivity index (χ1) is 18.8. The SMILES string of the molecule is C=NC[C@H]1O[C@@H](OC2[C@H](O[C@H]3OC([C@@H](C)O)[C@@H](O)[C@H](O)C3N)C(N)C[C@@H](NC(=O)[C@@H](O)CCN)[C@H]2O)[C@@H](O)C1O. The van der Waals surface area contributed by atoms with Gasteiger partial charge in [0.2, 0.25) is 5.91 Å². The predicted octanol–water partition coefficient (Wildman–Crippen LogP) is -6.65. The quantitative estimate of drug-likeness (QED) is 0.101. The molecule has 3 fully saturated rings. The van der Waals surface area contributed by atoms with Gasteiger partial charge in [-0.15, -0.1) is 0 Å². The van der Waals surface area contributed by atoms with E-state index in [1.54, 1.807) is 0 Å². The first-order valence-corrected chi connectivity index (χ1v) is 13.1. The molecule has 0 radical (unpaired) electrons. The molecule has 16 atom stereocenters. The van der Waals surface area contributed by atoms with Crippen molar-refractivity contribution in [1.29, 1.82) is 0 Å². The van der Waals surface area contributed by atoms with Gasteiger partial charge in [0.25, 0.3) is 0 Å². The molecule has 2 aliphatic heterocycles. The smallest absolute Gasteiger partial charge is 0.249 e. The van der Waals surface area contributed by atoms with Gasteiger partial charge in [0.15, 0.2) is 12.6 Å². The second kappa shape index (κ2) is 14.2. The number of nitrogens with zero attached hydrogens (tertiary/aromatic N) is 1. The van der Waals surface area contributed by atoms with Gasteiger partial charge in [0, 0.05) is 6.04 Å². The predicted molar refractivity (Wildman–Crippen MR) is 135 cm³/mol. The third-order valence-corrected chi connectivity index (χ3v) is 7.46. The highest BCUT2D eigenvalue weighted by Gasteiger charge is 2.53. The summed E-state index contributed by atoms with van der Waals surface area (Å²) in [5.41, 5.74) is 17.8. The maximum Gasteiger partial charge on any atom is 0.249 e. The summed E-state index contributed by atoms with van der Waals surface area (Å²) in [5.74, 6) is -0.806. The summed E-state index contributed by atoms with van der Waals surface area (Å²) in [6.45, 7) is 4.65. The van der Waals surface area contributed by atoms with Crippen LogP contribution in [0, 0.1) is 0 Å². The minimum atomic E-state index is -1.57. The number of carbonyl (C=O) groups is 1. The van der Waals surface area contributed by atoms with Crippen LogP contribution in [0.5, 0.6) is 0 Å². The molecule has 0 aromatic carbocycles. The van der Waals surface area contributed by atoms with Crippen LogP contribution < -0.4 is 22.5 Å². The Balaban J connectivity index is 1.86. The molecular weight excluding hydrogens is 538 g/mol. The second-order valence-electron chi connectivity index (χ2n) is 10.5. The van der Waals surface area contributed by atoms with Crippen molar-refractivity contribution in [2.24, 2.45) is 22.2 Å². The van der Waals surface area contributed by atoms with Crippen LogP contribution in [0.4, 0.5) is 0 Å².